The maximum Gasteiger partial charge on any atom is 0.339 e. The topological polar surface area (TPSA) is 82.5 Å². The van der Waals surface area contributed by atoms with E-state index in [1.807, 2.05) is 0 Å². The van der Waals surface area contributed by atoms with Gasteiger partial charge in [-0.25, -0.2) is 9.78 Å². The van der Waals surface area contributed by atoms with E-state index in [9.17, 15) is 15.0 Å². The lowest BCUT2D eigenvalue weighted by molar-refractivity contribution is 0.0697. The number of fused-ring (bicyclic) bond motifs is 1. The van der Waals surface area contributed by atoms with E-state index < -0.39 is 5.97 Å². The number of aliphatic hydroxyl groups is 1. The van der Waals surface area contributed by atoms with Gasteiger partial charge in [-0.05, 0) is 56.1 Å². The van der Waals surface area contributed by atoms with E-state index in [-0.39, 0.29) is 11.7 Å². The fourth-order valence-corrected chi connectivity index (χ4v) is 3.46. The van der Waals surface area contributed by atoms with Crippen LogP contribution in [0.15, 0.2) is 6.07 Å². The number of carboxylic acids is 1. The SMILES string of the molecule is O=C(O)c1cc2c(nc1NCC1CCCC(O)C1)CCC2. The molecule has 0 aliphatic heterocycles. The van der Waals surface area contributed by atoms with Crippen LogP contribution < -0.4 is 5.32 Å². The van der Waals surface area contributed by atoms with Crippen molar-refractivity contribution in [3.63, 3.8) is 0 Å². The zero-order valence-corrected chi connectivity index (χ0v) is 12.1. The van der Waals surface area contributed by atoms with E-state index in [4.69, 9.17) is 0 Å². The average molecular weight is 290 g/mol. The molecule has 0 saturated heterocycles. The van der Waals surface area contributed by atoms with E-state index in [0.29, 0.717) is 18.3 Å². The third-order valence-corrected chi connectivity index (χ3v) is 4.59. The van der Waals surface area contributed by atoms with Crippen LogP contribution in [-0.2, 0) is 12.8 Å². The number of carbonyl (C=O) groups is 1. The fraction of sp³-hybridized carbons (Fsp3) is 0.625. The zero-order valence-electron chi connectivity index (χ0n) is 12.1. The minimum atomic E-state index is -0.927. The van der Waals surface area contributed by atoms with Crippen LogP contribution in [0.4, 0.5) is 5.82 Å². The van der Waals surface area contributed by atoms with E-state index in [1.165, 1.54) is 0 Å². The number of aliphatic hydroxyl groups excluding tert-OH is 1. The van der Waals surface area contributed by atoms with Crippen molar-refractivity contribution < 1.29 is 15.0 Å². The molecule has 1 aromatic heterocycles. The summed E-state index contributed by atoms with van der Waals surface area (Å²) in [4.78, 5) is 15.9. The van der Waals surface area contributed by atoms with Crippen LogP contribution >= 0.6 is 0 Å². The summed E-state index contributed by atoms with van der Waals surface area (Å²) in [6, 6.07) is 1.77. The number of pyridine rings is 1. The maximum atomic E-state index is 11.4. The van der Waals surface area contributed by atoms with Crippen LogP contribution in [0.5, 0.6) is 0 Å². The molecule has 1 fully saturated rings. The highest BCUT2D eigenvalue weighted by Gasteiger charge is 2.23. The van der Waals surface area contributed by atoms with Gasteiger partial charge < -0.3 is 15.5 Å². The van der Waals surface area contributed by atoms with Crippen molar-refractivity contribution in [1.29, 1.82) is 0 Å². The first-order chi connectivity index (χ1) is 10.1. The Kier molecular flexibility index (Phi) is 4.10. The molecule has 114 valence electrons. The van der Waals surface area contributed by atoms with Crippen molar-refractivity contribution in [3.8, 4) is 0 Å². The summed E-state index contributed by atoms with van der Waals surface area (Å²) in [6.07, 6.45) is 6.50. The van der Waals surface area contributed by atoms with Crippen LogP contribution in [0, 0.1) is 5.92 Å². The number of aromatic nitrogens is 1. The highest BCUT2D eigenvalue weighted by molar-refractivity contribution is 5.93. The monoisotopic (exact) mass is 290 g/mol. The average Bonchev–Trinajstić information content (AvgIpc) is 2.91. The Labute approximate surface area is 124 Å². The summed E-state index contributed by atoms with van der Waals surface area (Å²) in [5.41, 5.74) is 2.38. The van der Waals surface area contributed by atoms with Gasteiger partial charge in [-0.15, -0.1) is 0 Å². The van der Waals surface area contributed by atoms with Crippen molar-refractivity contribution in [1.82, 2.24) is 4.98 Å². The lowest BCUT2D eigenvalue weighted by Crippen LogP contribution is -2.25. The number of carboxylic acid groups (broad SMARTS) is 1. The van der Waals surface area contributed by atoms with Gasteiger partial charge in [-0.3, -0.25) is 0 Å². The number of nitrogens with zero attached hydrogens (tertiary/aromatic N) is 1. The van der Waals surface area contributed by atoms with Gasteiger partial charge in [0.25, 0.3) is 0 Å². The molecule has 21 heavy (non-hydrogen) atoms. The molecule has 0 radical (unpaired) electrons. The van der Waals surface area contributed by atoms with Gasteiger partial charge >= 0.3 is 5.97 Å². The van der Waals surface area contributed by atoms with Crippen LogP contribution in [0.1, 0.15) is 53.7 Å². The molecule has 0 spiro atoms. The molecule has 2 aliphatic carbocycles. The maximum absolute atomic E-state index is 11.4. The minimum Gasteiger partial charge on any atom is -0.478 e. The second-order valence-corrected chi connectivity index (χ2v) is 6.22. The molecular weight excluding hydrogens is 268 g/mol. The number of hydrogen-bond acceptors (Lipinski definition) is 4. The lowest BCUT2D eigenvalue weighted by atomic mass is 9.87. The minimum absolute atomic E-state index is 0.211. The molecule has 1 aromatic rings. The lowest BCUT2D eigenvalue weighted by Gasteiger charge is -2.26. The number of nitrogens with one attached hydrogen (secondary N) is 1. The summed E-state index contributed by atoms with van der Waals surface area (Å²) in [7, 11) is 0. The quantitative estimate of drug-likeness (QED) is 0.792. The highest BCUT2D eigenvalue weighted by atomic mass is 16.4. The number of hydrogen-bond donors (Lipinski definition) is 3. The normalized spacial score (nSPS) is 24.6. The largest absolute Gasteiger partial charge is 0.478 e. The first-order valence-electron chi connectivity index (χ1n) is 7.81. The van der Waals surface area contributed by atoms with Crippen molar-refractivity contribution in [2.45, 2.75) is 51.0 Å². The van der Waals surface area contributed by atoms with Gasteiger partial charge in [0.05, 0.1) is 6.10 Å². The number of aromatic carboxylic acids is 1. The Morgan fingerprint density at radius 3 is 2.95 bits per heavy atom. The number of aryl methyl sites for hydroxylation is 2. The Balaban J connectivity index is 1.73. The van der Waals surface area contributed by atoms with Crippen LogP contribution in [-0.4, -0.2) is 33.8 Å². The molecule has 2 aliphatic rings. The predicted octanol–water partition coefficient (Wildman–Crippen LogP) is 2.23. The molecule has 0 amide bonds. The number of rotatable bonds is 4. The van der Waals surface area contributed by atoms with E-state index in [1.54, 1.807) is 6.07 Å². The van der Waals surface area contributed by atoms with Crippen LogP contribution in [0.2, 0.25) is 0 Å². The third-order valence-electron chi connectivity index (χ3n) is 4.59. The van der Waals surface area contributed by atoms with Gasteiger partial charge in [0.2, 0.25) is 0 Å². The zero-order chi connectivity index (χ0) is 14.8. The third kappa shape index (κ3) is 3.18. The smallest absolute Gasteiger partial charge is 0.339 e. The second-order valence-electron chi connectivity index (χ2n) is 6.22. The molecule has 0 aromatic carbocycles. The molecule has 2 atom stereocenters. The van der Waals surface area contributed by atoms with Crippen LogP contribution in [0.3, 0.4) is 0 Å². The van der Waals surface area contributed by atoms with Crippen molar-refractivity contribution in [3.05, 3.63) is 22.9 Å². The summed E-state index contributed by atoms with van der Waals surface area (Å²) >= 11 is 0. The predicted molar refractivity (Wildman–Crippen MR) is 79.7 cm³/mol. The number of anilines is 1. The molecule has 3 N–H and O–H groups in total. The Bertz CT molecular complexity index is 545. The van der Waals surface area contributed by atoms with Crippen LogP contribution in [0.25, 0.3) is 0 Å². The Hall–Kier alpha value is -1.62. The van der Waals surface area contributed by atoms with E-state index >= 15 is 0 Å². The molecule has 1 heterocycles. The Morgan fingerprint density at radius 2 is 2.19 bits per heavy atom. The molecule has 1 saturated carbocycles. The summed E-state index contributed by atoms with van der Waals surface area (Å²) in [5, 5.41) is 22.3. The summed E-state index contributed by atoms with van der Waals surface area (Å²) < 4.78 is 0. The Morgan fingerprint density at radius 1 is 1.33 bits per heavy atom. The van der Waals surface area contributed by atoms with Gasteiger partial charge in [-0.1, -0.05) is 6.42 Å². The molecule has 2 unspecified atom stereocenters. The first kappa shape index (κ1) is 14.3. The van der Waals surface area contributed by atoms with Crippen molar-refractivity contribution in [2.75, 3.05) is 11.9 Å². The highest BCUT2D eigenvalue weighted by Crippen LogP contribution is 2.27. The summed E-state index contributed by atoms with van der Waals surface area (Å²) in [5.74, 6) is -0.0444. The van der Waals surface area contributed by atoms with Crippen molar-refractivity contribution in [2.24, 2.45) is 5.92 Å². The van der Waals surface area contributed by atoms with E-state index in [2.05, 4.69) is 10.3 Å². The van der Waals surface area contributed by atoms with Gasteiger partial charge in [0.1, 0.15) is 11.4 Å². The molecule has 5 heteroatoms. The summed E-state index contributed by atoms with van der Waals surface area (Å²) in [6.45, 7) is 0.684. The molecular formula is C16H22N2O3. The molecule has 5 nitrogen and oxygen atoms in total. The van der Waals surface area contributed by atoms with Gasteiger partial charge in [0.15, 0.2) is 0 Å². The van der Waals surface area contributed by atoms with Gasteiger partial charge in [0, 0.05) is 12.2 Å². The standard InChI is InChI=1S/C16H22N2O3/c19-12-5-1-3-10(7-12)9-17-15-13(16(20)21)8-11-4-2-6-14(11)18-15/h8,10,12,19H,1-7,9H2,(H,17,18)(H,20,21). The van der Waals surface area contributed by atoms with E-state index in [0.717, 1.165) is 56.2 Å². The first-order valence-corrected chi connectivity index (χ1v) is 7.81. The molecule has 0 bridgehead atoms. The second kappa shape index (κ2) is 6.02. The fourth-order valence-electron chi connectivity index (χ4n) is 3.46. The van der Waals surface area contributed by atoms with Crippen molar-refractivity contribution >= 4 is 11.8 Å². The molecule has 3 rings (SSSR count). The van der Waals surface area contributed by atoms with Gasteiger partial charge in [-0.2, -0.15) is 0 Å².